The molecule has 0 radical (unpaired) electrons. The zero-order valence-corrected chi connectivity index (χ0v) is 10.9. The van der Waals surface area contributed by atoms with Crippen molar-refractivity contribution in [2.45, 2.75) is 51.7 Å². The number of rotatable bonds is 2. The average molecular weight is 240 g/mol. The van der Waals surface area contributed by atoms with Crippen LogP contribution in [0.15, 0.2) is 0 Å². The van der Waals surface area contributed by atoms with E-state index < -0.39 is 0 Å². The maximum atomic E-state index is 12.2. The first-order valence-corrected chi connectivity index (χ1v) is 6.74. The Morgan fingerprint density at radius 1 is 1.47 bits per heavy atom. The number of piperidine rings is 1. The van der Waals surface area contributed by atoms with Crippen LogP contribution in [0.2, 0.25) is 0 Å². The number of aliphatic hydroxyl groups is 1. The van der Waals surface area contributed by atoms with Crippen LogP contribution in [0.4, 0.5) is 0 Å². The van der Waals surface area contributed by atoms with E-state index >= 15 is 0 Å². The van der Waals surface area contributed by atoms with Crippen LogP contribution < -0.4 is 5.32 Å². The molecule has 4 heteroatoms. The molecule has 0 spiro atoms. The summed E-state index contributed by atoms with van der Waals surface area (Å²) < 4.78 is 0. The van der Waals surface area contributed by atoms with Crippen LogP contribution in [0.25, 0.3) is 0 Å². The molecule has 2 heterocycles. The summed E-state index contributed by atoms with van der Waals surface area (Å²) in [4.78, 5) is 14.2. The Kier molecular flexibility index (Phi) is 3.73. The minimum absolute atomic E-state index is 0.156. The molecule has 2 rings (SSSR count). The van der Waals surface area contributed by atoms with Crippen LogP contribution in [0.3, 0.4) is 0 Å². The lowest BCUT2D eigenvalue weighted by molar-refractivity contribution is -0.135. The normalized spacial score (nSPS) is 32.8. The number of nitrogens with one attached hydrogen (secondary N) is 1. The number of carbonyl (C=O) groups excluding carboxylic acids is 1. The van der Waals surface area contributed by atoms with Gasteiger partial charge < -0.3 is 15.3 Å². The van der Waals surface area contributed by atoms with Crippen LogP contribution in [-0.2, 0) is 4.79 Å². The lowest BCUT2D eigenvalue weighted by atomic mass is 9.78. The van der Waals surface area contributed by atoms with Gasteiger partial charge in [0.25, 0.3) is 0 Å². The van der Waals surface area contributed by atoms with Crippen LogP contribution in [-0.4, -0.2) is 47.7 Å². The largest absolute Gasteiger partial charge is 0.392 e. The minimum atomic E-state index is -0.352. The molecule has 0 aromatic rings. The number of hydrogen-bond donors (Lipinski definition) is 2. The standard InChI is InChI=1S/C13H24N2O2/c1-3-13(2)4-6-15(7-5-13)12(17)11-8-10(16)9-14-11/h10-11,14,16H,3-9H2,1-2H3. The number of amides is 1. The Morgan fingerprint density at radius 2 is 2.12 bits per heavy atom. The molecule has 0 bridgehead atoms. The summed E-state index contributed by atoms with van der Waals surface area (Å²) in [5, 5.41) is 12.5. The van der Waals surface area contributed by atoms with Crippen LogP contribution in [0.5, 0.6) is 0 Å². The van der Waals surface area contributed by atoms with Crippen molar-refractivity contribution in [1.29, 1.82) is 0 Å². The highest BCUT2D eigenvalue weighted by molar-refractivity contribution is 5.82. The number of hydrogen-bond acceptors (Lipinski definition) is 3. The second-order valence-electron chi connectivity index (χ2n) is 5.84. The Bertz CT molecular complexity index is 285. The highest BCUT2D eigenvalue weighted by Gasteiger charge is 2.35. The lowest BCUT2D eigenvalue weighted by Gasteiger charge is -2.39. The van der Waals surface area contributed by atoms with Gasteiger partial charge in [-0.25, -0.2) is 0 Å². The van der Waals surface area contributed by atoms with E-state index in [2.05, 4.69) is 19.2 Å². The first kappa shape index (κ1) is 12.8. The molecule has 98 valence electrons. The summed E-state index contributed by atoms with van der Waals surface area (Å²) in [6.45, 7) is 6.84. The second-order valence-corrected chi connectivity index (χ2v) is 5.84. The molecule has 2 N–H and O–H groups in total. The summed E-state index contributed by atoms with van der Waals surface area (Å²) in [6, 6.07) is -0.156. The summed E-state index contributed by atoms with van der Waals surface area (Å²) in [5.74, 6) is 0.180. The van der Waals surface area contributed by atoms with E-state index in [0.29, 0.717) is 18.4 Å². The van der Waals surface area contributed by atoms with Crippen molar-refractivity contribution in [2.75, 3.05) is 19.6 Å². The number of carbonyl (C=O) groups is 1. The molecule has 2 aliphatic heterocycles. The molecule has 0 aromatic carbocycles. The summed E-state index contributed by atoms with van der Waals surface area (Å²) in [6.07, 6.45) is 3.61. The van der Waals surface area contributed by atoms with Crippen molar-refractivity contribution >= 4 is 5.91 Å². The zero-order chi connectivity index (χ0) is 12.5. The van der Waals surface area contributed by atoms with E-state index in [0.717, 1.165) is 25.9 Å². The van der Waals surface area contributed by atoms with E-state index in [1.54, 1.807) is 0 Å². The summed E-state index contributed by atoms with van der Waals surface area (Å²) in [7, 11) is 0. The first-order chi connectivity index (χ1) is 8.04. The summed E-state index contributed by atoms with van der Waals surface area (Å²) >= 11 is 0. The number of nitrogens with zero attached hydrogens (tertiary/aromatic N) is 1. The van der Waals surface area contributed by atoms with E-state index in [9.17, 15) is 9.90 Å². The quantitative estimate of drug-likeness (QED) is 0.749. The van der Waals surface area contributed by atoms with Crippen molar-refractivity contribution in [1.82, 2.24) is 10.2 Å². The molecular weight excluding hydrogens is 216 g/mol. The van der Waals surface area contributed by atoms with Gasteiger partial charge in [-0.05, 0) is 24.7 Å². The van der Waals surface area contributed by atoms with Gasteiger partial charge in [0.05, 0.1) is 12.1 Å². The predicted octanol–water partition coefficient (Wildman–Crippen LogP) is 0.748. The van der Waals surface area contributed by atoms with Gasteiger partial charge in [0.15, 0.2) is 0 Å². The molecule has 2 atom stereocenters. The van der Waals surface area contributed by atoms with E-state index in [1.165, 1.54) is 6.42 Å². The molecule has 0 aromatic heterocycles. The van der Waals surface area contributed by atoms with Crippen LogP contribution in [0, 0.1) is 5.41 Å². The van der Waals surface area contributed by atoms with E-state index in [1.807, 2.05) is 4.90 Å². The van der Waals surface area contributed by atoms with Gasteiger partial charge in [0.1, 0.15) is 0 Å². The molecule has 1 amide bonds. The maximum absolute atomic E-state index is 12.2. The third kappa shape index (κ3) is 2.80. The fourth-order valence-corrected chi connectivity index (χ4v) is 2.75. The molecule has 0 aliphatic carbocycles. The zero-order valence-electron chi connectivity index (χ0n) is 10.9. The molecule has 2 aliphatic rings. The fourth-order valence-electron chi connectivity index (χ4n) is 2.75. The first-order valence-electron chi connectivity index (χ1n) is 6.74. The van der Waals surface area contributed by atoms with Crippen LogP contribution in [0.1, 0.15) is 39.5 Å². The van der Waals surface area contributed by atoms with Gasteiger partial charge in [0.2, 0.25) is 5.91 Å². The Hall–Kier alpha value is -0.610. The number of likely N-dealkylation sites (tertiary alicyclic amines) is 1. The third-order valence-electron chi connectivity index (χ3n) is 4.54. The maximum Gasteiger partial charge on any atom is 0.239 e. The number of aliphatic hydroxyl groups excluding tert-OH is 1. The third-order valence-corrected chi connectivity index (χ3v) is 4.54. The minimum Gasteiger partial charge on any atom is -0.392 e. The van der Waals surface area contributed by atoms with Crippen molar-refractivity contribution in [2.24, 2.45) is 5.41 Å². The predicted molar refractivity (Wildman–Crippen MR) is 66.6 cm³/mol. The molecule has 17 heavy (non-hydrogen) atoms. The van der Waals surface area contributed by atoms with Gasteiger partial charge in [-0.1, -0.05) is 20.3 Å². The molecule has 4 nitrogen and oxygen atoms in total. The molecular formula is C13H24N2O2. The van der Waals surface area contributed by atoms with Crippen molar-refractivity contribution in [3.63, 3.8) is 0 Å². The van der Waals surface area contributed by atoms with Crippen molar-refractivity contribution < 1.29 is 9.90 Å². The molecule has 0 saturated carbocycles. The monoisotopic (exact) mass is 240 g/mol. The SMILES string of the molecule is CCC1(C)CCN(C(=O)C2CC(O)CN2)CC1. The highest BCUT2D eigenvalue weighted by atomic mass is 16.3. The number of β-amino-alcohol motifs (C(OH)–C–C–N with tert-alkyl or cyclic N) is 1. The average Bonchev–Trinajstić information content (AvgIpc) is 2.76. The van der Waals surface area contributed by atoms with E-state index in [-0.39, 0.29) is 18.1 Å². The topological polar surface area (TPSA) is 52.6 Å². The molecule has 2 saturated heterocycles. The van der Waals surface area contributed by atoms with Crippen LogP contribution >= 0.6 is 0 Å². The van der Waals surface area contributed by atoms with Gasteiger partial charge in [-0.3, -0.25) is 4.79 Å². The summed E-state index contributed by atoms with van der Waals surface area (Å²) in [5.41, 5.74) is 0.416. The van der Waals surface area contributed by atoms with Gasteiger partial charge >= 0.3 is 0 Å². The Morgan fingerprint density at radius 3 is 2.59 bits per heavy atom. The lowest BCUT2D eigenvalue weighted by Crippen LogP contribution is -2.48. The van der Waals surface area contributed by atoms with Gasteiger partial charge in [-0.2, -0.15) is 0 Å². The molecule has 2 unspecified atom stereocenters. The highest BCUT2D eigenvalue weighted by Crippen LogP contribution is 2.34. The van der Waals surface area contributed by atoms with Gasteiger partial charge in [0, 0.05) is 19.6 Å². The van der Waals surface area contributed by atoms with Gasteiger partial charge in [-0.15, -0.1) is 0 Å². The Labute approximate surface area is 103 Å². The van der Waals surface area contributed by atoms with E-state index in [4.69, 9.17) is 0 Å². The molecule has 2 fully saturated rings. The van der Waals surface area contributed by atoms with Crippen molar-refractivity contribution in [3.05, 3.63) is 0 Å². The Balaban J connectivity index is 1.86. The van der Waals surface area contributed by atoms with Crippen molar-refractivity contribution in [3.8, 4) is 0 Å². The fraction of sp³-hybridized carbons (Fsp3) is 0.923. The smallest absolute Gasteiger partial charge is 0.239 e. The second kappa shape index (κ2) is 4.94.